The number of hydrogen-bond acceptors (Lipinski definition) is 2. The van der Waals surface area contributed by atoms with Gasteiger partial charge in [0.25, 0.3) is 0 Å². The molecule has 0 aromatic heterocycles. The van der Waals surface area contributed by atoms with Gasteiger partial charge in [-0.3, -0.25) is 4.99 Å². The van der Waals surface area contributed by atoms with Gasteiger partial charge in [-0.15, -0.1) is 0 Å². The van der Waals surface area contributed by atoms with Gasteiger partial charge in [0.15, 0.2) is 0 Å². The zero-order valence-corrected chi connectivity index (χ0v) is 8.44. The predicted octanol–water partition coefficient (Wildman–Crippen LogP) is 2.20. The molecule has 0 aromatic rings. The minimum absolute atomic E-state index is 0.323. The van der Waals surface area contributed by atoms with Crippen LogP contribution >= 0.6 is 0 Å². The molecule has 2 heteroatoms. The lowest BCUT2D eigenvalue weighted by Crippen LogP contribution is -2.36. The van der Waals surface area contributed by atoms with E-state index in [9.17, 15) is 0 Å². The van der Waals surface area contributed by atoms with Crippen molar-refractivity contribution in [1.29, 1.82) is 0 Å². The molecule has 0 aliphatic carbocycles. The Morgan fingerprint density at radius 3 is 2.92 bits per heavy atom. The summed E-state index contributed by atoms with van der Waals surface area (Å²) in [6.45, 7) is 6.51. The van der Waals surface area contributed by atoms with Crippen molar-refractivity contribution in [2.24, 2.45) is 10.9 Å². The van der Waals surface area contributed by atoms with E-state index in [4.69, 9.17) is 0 Å². The molecule has 2 aliphatic rings. The molecule has 0 radical (unpaired) electrons. The molecule has 2 rings (SSSR count). The Morgan fingerprint density at radius 1 is 1.46 bits per heavy atom. The van der Waals surface area contributed by atoms with E-state index in [0.29, 0.717) is 18.1 Å². The molecule has 2 unspecified atom stereocenters. The van der Waals surface area contributed by atoms with Crippen LogP contribution in [0.25, 0.3) is 0 Å². The van der Waals surface area contributed by atoms with Crippen molar-refractivity contribution in [2.45, 2.75) is 33.0 Å². The fourth-order valence-electron chi connectivity index (χ4n) is 1.92. The number of hydrogen-bond donors (Lipinski definition) is 0. The third kappa shape index (κ3) is 1.41. The van der Waals surface area contributed by atoms with Crippen LogP contribution in [-0.4, -0.2) is 23.3 Å². The zero-order chi connectivity index (χ0) is 9.42. The molecule has 2 aliphatic heterocycles. The lowest BCUT2D eigenvalue weighted by atomic mass is 10.0. The lowest BCUT2D eigenvalue weighted by Gasteiger charge is -2.30. The van der Waals surface area contributed by atoms with Crippen LogP contribution in [0.4, 0.5) is 0 Å². The summed E-state index contributed by atoms with van der Waals surface area (Å²) >= 11 is 0. The number of allylic oxidation sites excluding steroid dienone is 1. The van der Waals surface area contributed by atoms with E-state index in [1.807, 2.05) is 6.21 Å². The molecule has 0 amide bonds. The van der Waals surface area contributed by atoms with Crippen LogP contribution in [0.1, 0.15) is 20.8 Å². The fraction of sp³-hybridized carbons (Fsp3) is 0.545. The lowest BCUT2D eigenvalue weighted by molar-refractivity contribution is 0.233. The summed E-state index contributed by atoms with van der Waals surface area (Å²) in [7, 11) is 0. The van der Waals surface area contributed by atoms with Crippen molar-refractivity contribution in [1.82, 2.24) is 4.90 Å². The third-order valence-electron chi connectivity index (χ3n) is 2.61. The Balaban J connectivity index is 2.20. The van der Waals surface area contributed by atoms with E-state index < -0.39 is 0 Å². The van der Waals surface area contributed by atoms with E-state index in [1.54, 1.807) is 0 Å². The standard InChI is InChI=1S/C11H16N2/c1-8(2)13-5-4-10-6-9(3)7-12-11(10)13/h4-8,10-11H,1-3H3. The van der Waals surface area contributed by atoms with Crippen LogP contribution in [0.2, 0.25) is 0 Å². The Kier molecular flexibility index (Phi) is 1.98. The molecular weight excluding hydrogens is 160 g/mol. The number of aliphatic imine (C=N–C) groups is 1. The molecule has 0 aromatic carbocycles. The molecule has 2 heterocycles. The highest BCUT2D eigenvalue weighted by Crippen LogP contribution is 2.28. The molecule has 0 bridgehead atoms. The van der Waals surface area contributed by atoms with Gasteiger partial charge < -0.3 is 4.90 Å². The molecule has 0 spiro atoms. The van der Waals surface area contributed by atoms with E-state index in [2.05, 4.69) is 49.0 Å². The first-order valence-corrected chi connectivity index (χ1v) is 4.86. The topological polar surface area (TPSA) is 15.6 Å². The maximum absolute atomic E-state index is 4.55. The highest BCUT2D eigenvalue weighted by Gasteiger charge is 2.29. The predicted molar refractivity (Wildman–Crippen MR) is 55.6 cm³/mol. The van der Waals surface area contributed by atoms with Crippen LogP contribution in [0, 0.1) is 5.92 Å². The van der Waals surface area contributed by atoms with Crippen LogP contribution in [-0.2, 0) is 0 Å². The third-order valence-corrected chi connectivity index (χ3v) is 2.61. The van der Waals surface area contributed by atoms with Crippen molar-refractivity contribution in [2.75, 3.05) is 0 Å². The van der Waals surface area contributed by atoms with Gasteiger partial charge in [0.1, 0.15) is 6.17 Å². The van der Waals surface area contributed by atoms with Crippen LogP contribution in [0.15, 0.2) is 28.9 Å². The average molecular weight is 176 g/mol. The number of fused-ring (bicyclic) bond motifs is 1. The van der Waals surface area contributed by atoms with E-state index >= 15 is 0 Å². The van der Waals surface area contributed by atoms with Crippen molar-refractivity contribution in [3.05, 3.63) is 23.9 Å². The zero-order valence-electron chi connectivity index (χ0n) is 8.44. The first kappa shape index (κ1) is 8.54. The summed E-state index contributed by atoms with van der Waals surface area (Å²) in [6, 6.07) is 0.537. The van der Waals surface area contributed by atoms with Crippen LogP contribution in [0.5, 0.6) is 0 Å². The molecule has 2 nitrogen and oxygen atoms in total. The smallest absolute Gasteiger partial charge is 0.130 e. The minimum Gasteiger partial charge on any atom is -0.353 e. The molecule has 13 heavy (non-hydrogen) atoms. The SMILES string of the molecule is CC1=CC2C=CN(C(C)C)C2N=C1. The summed E-state index contributed by atoms with van der Waals surface area (Å²) in [5, 5.41) is 0. The van der Waals surface area contributed by atoms with Gasteiger partial charge in [-0.05, 0) is 32.5 Å². The van der Waals surface area contributed by atoms with Crippen LogP contribution < -0.4 is 0 Å². The largest absolute Gasteiger partial charge is 0.353 e. The van der Waals surface area contributed by atoms with Crippen molar-refractivity contribution >= 4 is 6.21 Å². The van der Waals surface area contributed by atoms with E-state index in [-0.39, 0.29) is 0 Å². The first-order chi connectivity index (χ1) is 6.18. The van der Waals surface area contributed by atoms with E-state index in [1.165, 1.54) is 5.57 Å². The summed E-state index contributed by atoms with van der Waals surface area (Å²) in [4.78, 5) is 6.85. The molecule has 0 fully saturated rings. The fourth-order valence-corrected chi connectivity index (χ4v) is 1.92. The van der Waals surface area contributed by atoms with Gasteiger partial charge in [-0.25, -0.2) is 0 Å². The summed E-state index contributed by atoms with van der Waals surface area (Å²) in [5.41, 5.74) is 1.27. The molecule has 0 N–H and O–H groups in total. The maximum atomic E-state index is 4.55. The highest BCUT2D eigenvalue weighted by atomic mass is 15.3. The van der Waals surface area contributed by atoms with Gasteiger partial charge in [-0.2, -0.15) is 0 Å². The highest BCUT2D eigenvalue weighted by molar-refractivity contribution is 5.79. The van der Waals surface area contributed by atoms with Gasteiger partial charge in [0.2, 0.25) is 0 Å². The first-order valence-electron chi connectivity index (χ1n) is 4.86. The Bertz CT molecular complexity index is 286. The summed E-state index contributed by atoms with van der Waals surface area (Å²) in [5.74, 6) is 0.493. The monoisotopic (exact) mass is 176 g/mol. The van der Waals surface area contributed by atoms with E-state index in [0.717, 1.165) is 0 Å². The van der Waals surface area contributed by atoms with Crippen molar-refractivity contribution < 1.29 is 0 Å². The molecule has 2 atom stereocenters. The van der Waals surface area contributed by atoms with Gasteiger partial charge >= 0.3 is 0 Å². The number of rotatable bonds is 1. The summed E-state index contributed by atoms with van der Waals surface area (Å²) in [6.07, 6.45) is 9.00. The normalized spacial score (nSPS) is 31.1. The second kappa shape index (κ2) is 3.02. The van der Waals surface area contributed by atoms with Crippen molar-refractivity contribution in [3.63, 3.8) is 0 Å². The second-order valence-electron chi connectivity index (χ2n) is 4.06. The number of nitrogens with zero attached hydrogens (tertiary/aromatic N) is 2. The minimum atomic E-state index is 0.323. The molecule has 0 saturated heterocycles. The van der Waals surface area contributed by atoms with Crippen molar-refractivity contribution in [3.8, 4) is 0 Å². The Morgan fingerprint density at radius 2 is 2.23 bits per heavy atom. The molecular formula is C11H16N2. The van der Waals surface area contributed by atoms with Gasteiger partial charge in [-0.1, -0.05) is 12.2 Å². The average Bonchev–Trinajstić information content (AvgIpc) is 2.46. The maximum Gasteiger partial charge on any atom is 0.130 e. The Hall–Kier alpha value is -1.05. The second-order valence-corrected chi connectivity index (χ2v) is 4.06. The quantitative estimate of drug-likeness (QED) is 0.598. The van der Waals surface area contributed by atoms with Crippen LogP contribution in [0.3, 0.4) is 0 Å². The molecule has 0 saturated carbocycles. The summed E-state index contributed by atoms with van der Waals surface area (Å²) < 4.78 is 0. The Labute approximate surface area is 79.7 Å². The van der Waals surface area contributed by atoms with Gasteiger partial charge in [0, 0.05) is 18.2 Å². The molecule has 70 valence electrons. The van der Waals surface area contributed by atoms with Gasteiger partial charge in [0.05, 0.1) is 0 Å². The number of dihydropyridines is 1.